The van der Waals surface area contributed by atoms with Crippen molar-refractivity contribution in [1.29, 1.82) is 5.26 Å². The molecule has 3 aromatic heterocycles. The maximum atomic E-state index is 9.77. The highest BCUT2D eigenvalue weighted by molar-refractivity contribution is 6.12. The number of rotatable bonds is 7. The highest BCUT2D eigenvalue weighted by Crippen LogP contribution is 2.40. The van der Waals surface area contributed by atoms with E-state index in [2.05, 4.69) is 185 Å². The first-order valence-electron chi connectivity index (χ1n) is 21.3. The Labute approximate surface area is 369 Å². The normalized spacial score (nSPS) is 11.4. The standard InChI is InChI=1S/C58H36N6/c59-37-38-24-32-53-49(34-38)47-20-10-12-22-51(47)63(53)45-30-33-54-50(36-45)48-21-11-13-23-52(48)64(54)55-35-44(29-31-46(55)41-16-6-2-7-17-41)58-61-56(42-18-8-3-9-19-42)60-57(62-58)43-27-25-40(26-28-43)39-14-4-1-5-15-39/h1-36H. The van der Waals surface area contributed by atoms with Gasteiger partial charge in [0.25, 0.3) is 0 Å². The number of nitriles is 1. The summed E-state index contributed by atoms with van der Waals surface area (Å²) in [6.07, 6.45) is 0. The molecule has 0 atom stereocenters. The summed E-state index contributed by atoms with van der Waals surface area (Å²) >= 11 is 0. The Morgan fingerprint density at radius 3 is 1.44 bits per heavy atom. The van der Waals surface area contributed by atoms with E-state index in [0.717, 1.165) is 93.9 Å². The van der Waals surface area contributed by atoms with Crippen molar-refractivity contribution in [3.8, 4) is 73.9 Å². The van der Waals surface area contributed by atoms with Crippen LogP contribution in [0.1, 0.15) is 5.56 Å². The predicted molar refractivity (Wildman–Crippen MR) is 260 cm³/mol. The highest BCUT2D eigenvalue weighted by atomic mass is 15.0. The molecule has 0 N–H and O–H groups in total. The molecule has 6 heteroatoms. The molecule has 0 aliphatic rings. The van der Waals surface area contributed by atoms with Gasteiger partial charge in [0, 0.05) is 49.5 Å². The van der Waals surface area contributed by atoms with Crippen LogP contribution in [0.4, 0.5) is 0 Å². The smallest absolute Gasteiger partial charge is 0.164 e. The lowest BCUT2D eigenvalue weighted by atomic mass is 10.0. The van der Waals surface area contributed by atoms with Crippen LogP contribution in [0.3, 0.4) is 0 Å². The van der Waals surface area contributed by atoms with Gasteiger partial charge in [0.1, 0.15) is 0 Å². The zero-order valence-electron chi connectivity index (χ0n) is 34.5. The lowest BCUT2D eigenvalue weighted by Gasteiger charge is -2.16. The van der Waals surface area contributed by atoms with E-state index in [1.165, 1.54) is 0 Å². The third kappa shape index (κ3) is 6.22. The van der Waals surface area contributed by atoms with Gasteiger partial charge in [0.05, 0.1) is 39.4 Å². The molecule has 0 radical (unpaired) electrons. The summed E-state index contributed by atoms with van der Waals surface area (Å²) in [6, 6.07) is 78.2. The number of aromatic nitrogens is 5. The Kier molecular flexibility index (Phi) is 8.77. The molecule has 0 bridgehead atoms. The van der Waals surface area contributed by atoms with Crippen molar-refractivity contribution in [3.05, 3.63) is 224 Å². The molecule has 298 valence electrons. The minimum atomic E-state index is 0.589. The first kappa shape index (κ1) is 36.9. The molecule has 0 fully saturated rings. The van der Waals surface area contributed by atoms with E-state index < -0.39 is 0 Å². The predicted octanol–water partition coefficient (Wildman–Crippen LogP) is 14.3. The van der Waals surface area contributed by atoms with E-state index in [1.807, 2.05) is 48.5 Å². The Hall–Kier alpha value is -8.92. The fraction of sp³-hybridized carbons (Fsp3) is 0. The summed E-state index contributed by atoms with van der Waals surface area (Å²) in [4.78, 5) is 15.4. The zero-order valence-corrected chi connectivity index (χ0v) is 34.5. The van der Waals surface area contributed by atoms with Gasteiger partial charge in [-0.3, -0.25) is 0 Å². The second kappa shape index (κ2) is 15.2. The molecule has 0 saturated heterocycles. The minimum Gasteiger partial charge on any atom is -0.309 e. The van der Waals surface area contributed by atoms with Crippen LogP contribution in [-0.4, -0.2) is 24.1 Å². The van der Waals surface area contributed by atoms with E-state index in [9.17, 15) is 5.26 Å². The Morgan fingerprint density at radius 2 is 0.781 bits per heavy atom. The molecule has 9 aromatic carbocycles. The lowest BCUT2D eigenvalue weighted by molar-refractivity contribution is 1.07. The van der Waals surface area contributed by atoms with Gasteiger partial charge in [-0.05, 0) is 71.3 Å². The summed E-state index contributed by atoms with van der Waals surface area (Å²) in [5.41, 5.74) is 14.2. The van der Waals surface area contributed by atoms with Gasteiger partial charge in [0.2, 0.25) is 0 Å². The van der Waals surface area contributed by atoms with E-state index >= 15 is 0 Å². The third-order valence-electron chi connectivity index (χ3n) is 12.2. The van der Waals surface area contributed by atoms with Crippen LogP contribution in [0.15, 0.2) is 218 Å². The molecule has 0 unspecified atom stereocenters. The Bertz CT molecular complexity index is 3770. The molecular formula is C58H36N6. The van der Waals surface area contributed by atoms with Crippen LogP contribution in [0.2, 0.25) is 0 Å². The summed E-state index contributed by atoms with van der Waals surface area (Å²) in [7, 11) is 0. The Morgan fingerprint density at radius 1 is 0.328 bits per heavy atom. The second-order valence-corrected chi connectivity index (χ2v) is 16.0. The first-order chi connectivity index (χ1) is 31.7. The lowest BCUT2D eigenvalue weighted by Crippen LogP contribution is -2.02. The third-order valence-corrected chi connectivity index (χ3v) is 12.2. The van der Waals surface area contributed by atoms with Crippen molar-refractivity contribution >= 4 is 43.6 Å². The summed E-state index contributed by atoms with van der Waals surface area (Å²) in [6.45, 7) is 0. The Balaban J connectivity index is 1.06. The van der Waals surface area contributed by atoms with Crippen molar-refractivity contribution in [3.63, 3.8) is 0 Å². The van der Waals surface area contributed by atoms with Crippen LogP contribution >= 0.6 is 0 Å². The highest BCUT2D eigenvalue weighted by Gasteiger charge is 2.21. The maximum Gasteiger partial charge on any atom is 0.164 e. The van der Waals surface area contributed by atoms with Crippen LogP contribution in [-0.2, 0) is 0 Å². The molecule has 12 aromatic rings. The molecule has 0 amide bonds. The van der Waals surface area contributed by atoms with Gasteiger partial charge in [-0.1, -0.05) is 164 Å². The van der Waals surface area contributed by atoms with Gasteiger partial charge >= 0.3 is 0 Å². The van der Waals surface area contributed by atoms with Crippen molar-refractivity contribution in [2.24, 2.45) is 0 Å². The molecule has 0 saturated carbocycles. The van der Waals surface area contributed by atoms with Gasteiger partial charge in [0.15, 0.2) is 17.5 Å². The maximum absolute atomic E-state index is 9.77. The largest absolute Gasteiger partial charge is 0.309 e. The average molecular weight is 817 g/mol. The van der Waals surface area contributed by atoms with Crippen molar-refractivity contribution < 1.29 is 0 Å². The molecule has 0 aliphatic heterocycles. The molecule has 0 aliphatic carbocycles. The molecule has 64 heavy (non-hydrogen) atoms. The van der Waals surface area contributed by atoms with Crippen LogP contribution < -0.4 is 0 Å². The SMILES string of the molecule is N#Cc1ccc2c(c1)c1ccccc1n2-c1ccc2c(c1)c1ccccc1n2-c1cc(-c2nc(-c3ccccc3)nc(-c3ccc(-c4ccccc4)cc3)n2)ccc1-c1ccccc1. The first-order valence-corrected chi connectivity index (χ1v) is 21.3. The fourth-order valence-electron chi connectivity index (χ4n) is 9.19. The van der Waals surface area contributed by atoms with Crippen molar-refractivity contribution in [2.45, 2.75) is 0 Å². The topological polar surface area (TPSA) is 72.3 Å². The average Bonchev–Trinajstić information content (AvgIpc) is 3.89. The summed E-state index contributed by atoms with van der Waals surface area (Å²) in [5, 5.41) is 14.2. The van der Waals surface area contributed by atoms with Gasteiger partial charge in [-0.2, -0.15) is 5.26 Å². The quantitative estimate of drug-likeness (QED) is 0.161. The van der Waals surface area contributed by atoms with Gasteiger partial charge < -0.3 is 9.13 Å². The fourth-order valence-corrected chi connectivity index (χ4v) is 9.19. The van der Waals surface area contributed by atoms with Gasteiger partial charge in [-0.25, -0.2) is 15.0 Å². The number of benzene rings is 9. The van der Waals surface area contributed by atoms with Crippen molar-refractivity contribution in [2.75, 3.05) is 0 Å². The van der Waals surface area contributed by atoms with Gasteiger partial charge in [-0.15, -0.1) is 0 Å². The summed E-state index contributed by atoms with van der Waals surface area (Å²) < 4.78 is 4.69. The number of nitrogens with zero attached hydrogens (tertiary/aromatic N) is 6. The molecule has 0 spiro atoms. The van der Waals surface area contributed by atoms with E-state index in [4.69, 9.17) is 15.0 Å². The number of hydrogen-bond donors (Lipinski definition) is 0. The van der Waals surface area contributed by atoms with E-state index in [-0.39, 0.29) is 0 Å². The van der Waals surface area contributed by atoms with Crippen molar-refractivity contribution in [1.82, 2.24) is 24.1 Å². The monoisotopic (exact) mass is 816 g/mol. The van der Waals surface area contributed by atoms with Crippen LogP contribution in [0.5, 0.6) is 0 Å². The van der Waals surface area contributed by atoms with Crippen LogP contribution in [0.25, 0.3) is 111 Å². The molecular weight excluding hydrogens is 781 g/mol. The zero-order chi connectivity index (χ0) is 42.6. The van der Waals surface area contributed by atoms with Crippen LogP contribution in [0, 0.1) is 11.3 Å². The second-order valence-electron chi connectivity index (χ2n) is 16.0. The molecule has 12 rings (SSSR count). The number of hydrogen-bond acceptors (Lipinski definition) is 4. The summed E-state index contributed by atoms with van der Waals surface area (Å²) in [5.74, 6) is 1.81. The number of para-hydroxylation sites is 2. The van der Waals surface area contributed by atoms with E-state index in [0.29, 0.717) is 23.0 Å². The number of fused-ring (bicyclic) bond motifs is 6. The molecule has 3 heterocycles. The van der Waals surface area contributed by atoms with E-state index in [1.54, 1.807) is 0 Å². The minimum absolute atomic E-state index is 0.589. The molecule has 6 nitrogen and oxygen atoms in total.